The molecule has 28 heavy (non-hydrogen) atoms. The van der Waals surface area contributed by atoms with Crippen LogP contribution in [0.1, 0.15) is 29.9 Å². The second kappa shape index (κ2) is 6.90. The van der Waals surface area contributed by atoms with E-state index < -0.39 is 0 Å². The minimum atomic E-state index is -0.122. The van der Waals surface area contributed by atoms with Crippen molar-refractivity contribution < 1.29 is 4.79 Å². The van der Waals surface area contributed by atoms with Gasteiger partial charge in [-0.2, -0.15) is 0 Å². The molecule has 0 spiro atoms. The summed E-state index contributed by atoms with van der Waals surface area (Å²) in [6.07, 6.45) is 8.93. The highest BCUT2D eigenvalue weighted by Gasteiger charge is 2.41. The number of hydrogen-bond donors (Lipinski definition) is 0. The Morgan fingerprint density at radius 1 is 1.32 bits per heavy atom. The summed E-state index contributed by atoms with van der Waals surface area (Å²) >= 11 is 3.67. The molecule has 0 saturated heterocycles. The average molecular weight is 428 g/mol. The normalized spacial score (nSPS) is 20.0. The Morgan fingerprint density at radius 3 is 2.93 bits per heavy atom. The smallest absolute Gasteiger partial charge is 0.291 e. The standard InChI is InChI=1S/C21H21N3OS3/c1-13(2)12-24-19-17-18(15(26-19)10-14-6-4-8-22-11-14)27-16-7-5-9-28(16)20(17)23(3)21(24)25/h4-9,11,13H,10,12H2,1-3H3. The molecule has 5 heterocycles. The van der Waals surface area contributed by atoms with Gasteiger partial charge in [-0.05, 0) is 29.0 Å². The topological polar surface area (TPSA) is 36.4 Å². The van der Waals surface area contributed by atoms with E-state index in [0.717, 1.165) is 18.0 Å². The number of anilines is 1. The Kier molecular flexibility index (Phi) is 4.49. The number of aromatic nitrogens is 1. The molecule has 3 aliphatic heterocycles. The van der Waals surface area contributed by atoms with Gasteiger partial charge in [0.2, 0.25) is 0 Å². The summed E-state index contributed by atoms with van der Waals surface area (Å²) < 4.78 is 1.34. The van der Waals surface area contributed by atoms with Crippen LogP contribution >= 0.6 is 33.6 Å². The zero-order chi connectivity index (χ0) is 19.4. The molecule has 0 radical (unpaired) electrons. The number of thiophene rings is 1. The highest BCUT2D eigenvalue weighted by molar-refractivity contribution is 8.33. The fourth-order valence-corrected chi connectivity index (χ4v) is 8.95. The van der Waals surface area contributed by atoms with Crippen LogP contribution in [0.4, 0.5) is 9.80 Å². The fourth-order valence-electron chi connectivity index (χ4n) is 3.72. The van der Waals surface area contributed by atoms with Crippen LogP contribution in [0.5, 0.6) is 0 Å². The first-order chi connectivity index (χ1) is 13.5. The molecule has 4 nitrogen and oxygen atoms in total. The van der Waals surface area contributed by atoms with Crippen LogP contribution in [0.25, 0.3) is 0 Å². The first-order valence-electron chi connectivity index (χ1n) is 9.31. The lowest BCUT2D eigenvalue weighted by atomic mass is 10.1. The SMILES string of the molecule is CC(C)CN1C(=O)N(C)C2=S3C=CC=C3Sc3c(Cc4cccnc4)sc1c32. The molecule has 2 aromatic rings. The van der Waals surface area contributed by atoms with Crippen LogP contribution in [0.2, 0.25) is 0 Å². The number of amides is 2. The van der Waals surface area contributed by atoms with Crippen molar-refractivity contribution in [3.63, 3.8) is 0 Å². The summed E-state index contributed by atoms with van der Waals surface area (Å²) in [5, 5.41) is 3.37. The molecule has 1 atom stereocenters. The minimum absolute atomic E-state index is 0.0935. The first-order valence-corrected chi connectivity index (χ1v) is 12.2. The monoisotopic (exact) mass is 427 g/mol. The molecule has 0 bridgehead atoms. The van der Waals surface area contributed by atoms with E-state index >= 15 is 0 Å². The first kappa shape index (κ1) is 18.2. The third kappa shape index (κ3) is 2.79. The third-order valence-corrected chi connectivity index (χ3v) is 9.92. The van der Waals surface area contributed by atoms with Crippen LogP contribution in [-0.4, -0.2) is 34.5 Å². The van der Waals surface area contributed by atoms with Gasteiger partial charge in [0, 0.05) is 46.4 Å². The predicted octanol–water partition coefficient (Wildman–Crippen LogP) is 5.48. The van der Waals surface area contributed by atoms with Gasteiger partial charge < -0.3 is 0 Å². The molecular weight excluding hydrogens is 406 g/mol. The van der Waals surface area contributed by atoms with Crippen LogP contribution in [0.15, 0.2) is 51.2 Å². The van der Waals surface area contributed by atoms with Crippen molar-refractivity contribution in [3.05, 3.63) is 62.3 Å². The number of carbonyl (C=O) groups excluding carboxylic acids is 1. The van der Waals surface area contributed by atoms with Crippen molar-refractivity contribution in [2.45, 2.75) is 25.2 Å². The molecule has 2 amide bonds. The van der Waals surface area contributed by atoms with E-state index in [1.54, 1.807) is 11.3 Å². The van der Waals surface area contributed by atoms with Crippen LogP contribution in [0.3, 0.4) is 0 Å². The number of allylic oxidation sites excluding steroid dienone is 2. The Balaban J connectivity index is 1.71. The second-order valence-electron chi connectivity index (χ2n) is 7.48. The summed E-state index contributed by atoms with van der Waals surface area (Å²) in [6, 6.07) is 4.21. The fraction of sp³-hybridized carbons (Fsp3) is 0.286. The van der Waals surface area contributed by atoms with Crippen LogP contribution in [0, 0.1) is 5.92 Å². The highest BCUT2D eigenvalue weighted by atomic mass is 32.2. The average Bonchev–Trinajstić information content (AvgIpc) is 3.28. The Hall–Kier alpha value is -1.83. The van der Waals surface area contributed by atoms with E-state index in [4.69, 9.17) is 0 Å². The maximum absolute atomic E-state index is 13.3. The Bertz CT molecular complexity index is 1070. The number of hydrogen-bond acceptors (Lipinski definition) is 4. The van der Waals surface area contributed by atoms with Gasteiger partial charge in [0.1, 0.15) is 5.00 Å². The molecule has 144 valence electrons. The van der Waals surface area contributed by atoms with Gasteiger partial charge in [0.15, 0.2) is 0 Å². The van der Waals surface area contributed by atoms with Gasteiger partial charge in [-0.3, -0.25) is 14.8 Å². The highest BCUT2D eigenvalue weighted by Crippen LogP contribution is 2.58. The van der Waals surface area contributed by atoms with E-state index in [1.807, 2.05) is 47.1 Å². The van der Waals surface area contributed by atoms with Crippen LogP contribution < -0.4 is 4.90 Å². The zero-order valence-corrected chi connectivity index (χ0v) is 18.5. The summed E-state index contributed by atoms with van der Waals surface area (Å²) in [5.74, 6) is 0.416. The lowest BCUT2D eigenvalue weighted by Crippen LogP contribution is -2.50. The van der Waals surface area contributed by atoms with E-state index in [1.165, 1.54) is 30.1 Å². The summed E-state index contributed by atoms with van der Waals surface area (Å²) in [5.41, 5.74) is 2.49. The van der Waals surface area contributed by atoms with Gasteiger partial charge >= 0.3 is 6.03 Å². The maximum Gasteiger partial charge on any atom is 0.329 e. The van der Waals surface area contributed by atoms with E-state index in [-0.39, 0.29) is 16.5 Å². The summed E-state index contributed by atoms with van der Waals surface area (Å²) in [4.78, 5) is 25.2. The van der Waals surface area contributed by atoms with Gasteiger partial charge in [-0.15, -0.1) is 11.3 Å². The summed E-state index contributed by atoms with van der Waals surface area (Å²) in [7, 11) is 1.81. The van der Waals surface area contributed by atoms with Gasteiger partial charge in [0.25, 0.3) is 0 Å². The van der Waals surface area contributed by atoms with E-state index in [2.05, 4.69) is 42.5 Å². The largest absolute Gasteiger partial charge is 0.329 e. The molecule has 0 aliphatic carbocycles. The van der Waals surface area contributed by atoms with Gasteiger partial charge in [0.05, 0.1) is 10.6 Å². The lowest BCUT2D eigenvalue weighted by Gasteiger charge is -2.38. The van der Waals surface area contributed by atoms with Gasteiger partial charge in [-0.25, -0.2) is 4.79 Å². The van der Waals surface area contributed by atoms with Crippen molar-refractivity contribution in [1.82, 2.24) is 9.88 Å². The lowest BCUT2D eigenvalue weighted by molar-refractivity contribution is 0.231. The minimum Gasteiger partial charge on any atom is -0.291 e. The number of carbonyl (C=O) groups is 1. The molecule has 3 aliphatic rings. The maximum atomic E-state index is 13.3. The molecular formula is C21H21N3OS3. The van der Waals surface area contributed by atoms with Crippen molar-refractivity contribution >= 4 is 49.6 Å². The van der Waals surface area contributed by atoms with Crippen molar-refractivity contribution in [2.75, 3.05) is 18.5 Å². The molecule has 0 fully saturated rings. The van der Waals surface area contributed by atoms with Crippen molar-refractivity contribution in [2.24, 2.45) is 5.92 Å². The number of pyridine rings is 1. The number of fused-ring (bicyclic) bond motifs is 1. The molecule has 7 heteroatoms. The van der Waals surface area contributed by atoms with Gasteiger partial charge in [-0.1, -0.05) is 48.2 Å². The molecule has 0 saturated carbocycles. The Morgan fingerprint density at radius 2 is 2.18 bits per heavy atom. The zero-order valence-electron chi connectivity index (χ0n) is 16.0. The second-order valence-corrected chi connectivity index (χ2v) is 11.6. The molecule has 2 aromatic heterocycles. The van der Waals surface area contributed by atoms with Crippen molar-refractivity contribution in [1.29, 1.82) is 0 Å². The molecule has 1 unspecified atom stereocenters. The third-order valence-electron chi connectivity index (χ3n) is 4.91. The number of nitrogens with zero attached hydrogens (tertiary/aromatic N) is 3. The number of thioether (sulfide) groups is 1. The van der Waals surface area contributed by atoms with Crippen LogP contribution in [-0.2, 0) is 6.42 Å². The molecule has 0 aromatic carbocycles. The summed E-state index contributed by atoms with van der Waals surface area (Å²) in [6.45, 7) is 5.08. The Labute approximate surface area is 175 Å². The van der Waals surface area contributed by atoms with Crippen molar-refractivity contribution in [3.8, 4) is 0 Å². The van der Waals surface area contributed by atoms with E-state index in [0.29, 0.717) is 5.92 Å². The number of urea groups is 1. The number of rotatable bonds is 4. The molecule has 5 rings (SSSR count). The molecule has 0 N–H and O–H groups in total. The predicted molar refractivity (Wildman–Crippen MR) is 121 cm³/mol. The van der Waals surface area contributed by atoms with E-state index in [9.17, 15) is 4.79 Å². The quantitative estimate of drug-likeness (QED) is 0.606.